The van der Waals surface area contributed by atoms with Gasteiger partial charge in [0.1, 0.15) is 6.04 Å². The van der Waals surface area contributed by atoms with Crippen LogP contribution in [0.3, 0.4) is 0 Å². The summed E-state index contributed by atoms with van der Waals surface area (Å²) in [5.41, 5.74) is 1.12. The molecule has 2 N–H and O–H groups in total. The normalized spacial score (nSPS) is 18.2. The van der Waals surface area contributed by atoms with Crippen LogP contribution in [0.4, 0.5) is 4.79 Å². The Morgan fingerprint density at radius 1 is 1.37 bits per heavy atom. The van der Waals surface area contributed by atoms with Crippen LogP contribution in [-0.4, -0.2) is 69.3 Å². The molecule has 0 radical (unpaired) electrons. The summed E-state index contributed by atoms with van der Waals surface area (Å²) in [5, 5.41) is 14.0. The number of hydrogen-bond donors (Lipinski definition) is 2. The lowest BCUT2D eigenvalue weighted by molar-refractivity contribution is 0.0825. The Kier molecular flexibility index (Phi) is 6.14. The summed E-state index contributed by atoms with van der Waals surface area (Å²) in [7, 11) is 3.42. The Morgan fingerprint density at radius 2 is 2.10 bits per heavy atom. The molecule has 2 aromatic heterocycles. The van der Waals surface area contributed by atoms with E-state index in [1.54, 1.807) is 25.2 Å². The minimum atomic E-state index is -0.403. The van der Waals surface area contributed by atoms with Crippen molar-refractivity contribution < 1.29 is 14.1 Å². The summed E-state index contributed by atoms with van der Waals surface area (Å²) in [5.74, 6) is 0.917. The first-order chi connectivity index (χ1) is 14.1. The third-order valence-corrected chi connectivity index (χ3v) is 5.25. The highest BCUT2D eigenvalue weighted by Gasteiger charge is 2.31. The number of amides is 3. The lowest BCUT2D eigenvalue weighted by Crippen LogP contribution is -2.46. The second-order valence-corrected chi connectivity index (χ2v) is 9.06. The first-order valence-electron chi connectivity index (χ1n) is 10.2. The van der Waals surface area contributed by atoms with Gasteiger partial charge in [0.2, 0.25) is 5.89 Å². The van der Waals surface area contributed by atoms with Gasteiger partial charge in [0.15, 0.2) is 5.82 Å². The van der Waals surface area contributed by atoms with E-state index in [1.807, 2.05) is 27.7 Å². The number of rotatable bonds is 4. The van der Waals surface area contributed by atoms with Gasteiger partial charge in [0, 0.05) is 38.5 Å². The maximum absolute atomic E-state index is 12.9. The highest BCUT2D eigenvalue weighted by Crippen LogP contribution is 2.28. The molecular formula is C20H31N7O3. The monoisotopic (exact) mass is 417 g/mol. The zero-order valence-electron chi connectivity index (χ0n) is 18.5. The number of piperidine rings is 1. The number of aromatic amines is 1. The van der Waals surface area contributed by atoms with Crippen LogP contribution in [0.25, 0.3) is 0 Å². The van der Waals surface area contributed by atoms with Crippen LogP contribution in [0, 0.1) is 0 Å². The minimum absolute atomic E-state index is 0.0251. The molecule has 1 aliphatic heterocycles. The number of H-pyrrole nitrogens is 1. The van der Waals surface area contributed by atoms with Crippen LogP contribution in [0.2, 0.25) is 0 Å². The number of carbonyl (C=O) groups is 2. The molecule has 3 heterocycles. The predicted octanol–water partition coefficient (Wildman–Crippen LogP) is 2.44. The van der Waals surface area contributed by atoms with Crippen LogP contribution >= 0.6 is 0 Å². The van der Waals surface area contributed by atoms with Gasteiger partial charge in [0.25, 0.3) is 5.91 Å². The fourth-order valence-corrected chi connectivity index (χ4v) is 3.47. The quantitative estimate of drug-likeness (QED) is 0.788. The number of urea groups is 1. The van der Waals surface area contributed by atoms with Gasteiger partial charge in [-0.3, -0.25) is 9.89 Å². The van der Waals surface area contributed by atoms with Crippen molar-refractivity contribution in [2.24, 2.45) is 0 Å². The van der Waals surface area contributed by atoms with Crippen molar-refractivity contribution in [1.29, 1.82) is 0 Å². The molecule has 1 saturated heterocycles. The molecule has 30 heavy (non-hydrogen) atoms. The molecular weight excluding hydrogens is 386 g/mol. The molecule has 0 aromatic carbocycles. The van der Waals surface area contributed by atoms with E-state index in [2.05, 4.69) is 25.7 Å². The largest absolute Gasteiger partial charge is 0.345 e. The summed E-state index contributed by atoms with van der Waals surface area (Å²) in [6.45, 7) is 8.99. The van der Waals surface area contributed by atoms with Gasteiger partial charge in [-0.1, -0.05) is 25.9 Å². The van der Waals surface area contributed by atoms with Crippen molar-refractivity contribution >= 4 is 11.9 Å². The zero-order chi connectivity index (χ0) is 22.1. The predicted molar refractivity (Wildman–Crippen MR) is 110 cm³/mol. The van der Waals surface area contributed by atoms with Crippen molar-refractivity contribution in [3.05, 3.63) is 29.2 Å². The van der Waals surface area contributed by atoms with E-state index >= 15 is 0 Å². The maximum atomic E-state index is 12.9. The fraction of sp³-hybridized carbons (Fsp3) is 0.650. The van der Waals surface area contributed by atoms with Crippen LogP contribution in [0.15, 0.2) is 10.7 Å². The van der Waals surface area contributed by atoms with Crippen molar-refractivity contribution in [1.82, 2.24) is 35.5 Å². The standard InChI is InChI=1S/C20H31N7O3/c1-12(16-23-18(25-30-16)20(2,3)4)22-19(29)27-9-7-8-13(11-27)15-14(10-21-24-15)17(28)26(5)6/h10,12-13H,7-9,11H2,1-6H3,(H,21,24)(H,22,29)/t12-,13-/m0/s1. The smallest absolute Gasteiger partial charge is 0.318 e. The molecule has 0 aliphatic carbocycles. The molecule has 0 spiro atoms. The number of nitrogens with zero attached hydrogens (tertiary/aromatic N) is 5. The molecule has 0 unspecified atom stereocenters. The molecule has 10 heteroatoms. The topological polar surface area (TPSA) is 120 Å². The van der Waals surface area contributed by atoms with Gasteiger partial charge in [-0.25, -0.2) is 4.79 Å². The molecule has 2 aromatic rings. The number of nitrogens with one attached hydrogen (secondary N) is 2. The minimum Gasteiger partial charge on any atom is -0.345 e. The number of carbonyl (C=O) groups excluding carboxylic acids is 2. The van der Waals surface area contributed by atoms with E-state index in [4.69, 9.17) is 4.52 Å². The SMILES string of the molecule is C[C@H](NC(=O)N1CCC[C@H](c2[nH]ncc2C(=O)N(C)C)C1)c1nc(C(C)(C)C)no1. The van der Waals surface area contributed by atoms with Gasteiger partial charge < -0.3 is 19.6 Å². The highest BCUT2D eigenvalue weighted by atomic mass is 16.5. The van der Waals surface area contributed by atoms with E-state index in [0.29, 0.717) is 30.4 Å². The number of aromatic nitrogens is 4. The molecule has 1 fully saturated rings. The number of hydrogen-bond acceptors (Lipinski definition) is 6. The second-order valence-electron chi connectivity index (χ2n) is 9.06. The fourth-order valence-electron chi connectivity index (χ4n) is 3.47. The van der Waals surface area contributed by atoms with Crippen LogP contribution < -0.4 is 5.32 Å². The summed E-state index contributed by atoms with van der Waals surface area (Å²) < 4.78 is 5.34. The maximum Gasteiger partial charge on any atom is 0.318 e. The third kappa shape index (κ3) is 4.63. The van der Waals surface area contributed by atoms with Crippen LogP contribution in [-0.2, 0) is 5.41 Å². The van der Waals surface area contributed by atoms with Gasteiger partial charge in [-0.15, -0.1) is 0 Å². The molecule has 164 valence electrons. The second kappa shape index (κ2) is 8.45. The number of likely N-dealkylation sites (tertiary alicyclic amines) is 1. The lowest BCUT2D eigenvalue weighted by Gasteiger charge is -2.33. The Balaban J connectivity index is 1.66. The average molecular weight is 418 g/mol. The summed E-state index contributed by atoms with van der Waals surface area (Å²) in [4.78, 5) is 33.0. The Morgan fingerprint density at radius 3 is 2.73 bits per heavy atom. The molecule has 1 aliphatic rings. The Labute approximate surface area is 176 Å². The van der Waals surface area contributed by atoms with E-state index in [-0.39, 0.29) is 23.3 Å². The highest BCUT2D eigenvalue weighted by molar-refractivity contribution is 5.95. The van der Waals surface area contributed by atoms with Crippen LogP contribution in [0.5, 0.6) is 0 Å². The summed E-state index contributed by atoms with van der Waals surface area (Å²) >= 11 is 0. The summed E-state index contributed by atoms with van der Waals surface area (Å²) in [6, 6.07) is -0.595. The van der Waals surface area contributed by atoms with Gasteiger partial charge >= 0.3 is 6.03 Å². The van der Waals surface area contributed by atoms with Crippen molar-refractivity contribution in [3.63, 3.8) is 0 Å². The van der Waals surface area contributed by atoms with E-state index in [1.165, 1.54) is 4.90 Å². The van der Waals surface area contributed by atoms with Gasteiger partial charge in [-0.2, -0.15) is 10.1 Å². The Bertz CT molecular complexity index is 896. The van der Waals surface area contributed by atoms with Crippen molar-refractivity contribution in [2.45, 2.75) is 57.9 Å². The van der Waals surface area contributed by atoms with E-state index in [9.17, 15) is 9.59 Å². The van der Waals surface area contributed by atoms with Crippen LogP contribution in [0.1, 0.15) is 80.3 Å². The average Bonchev–Trinajstić information content (AvgIpc) is 3.36. The first-order valence-corrected chi connectivity index (χ1v) is 10.2. The van der Waals surface area contributed by atoms with Gasteiger partial charge in [-0.05, 0) is 19.8 Å². The zero-order valence-corrected chi connectivity index (χ0v) is 18.5. The Hall–Kier alpha value is -2.91. The van der Waals surface area contributed by atoms with E-state index < -0.39 is 6.04 Å². The molecule has 0 bridgehead atoms. The van der Waals surface area contributed by atoms with E-state index in [0.717, 1.165) is 18.5 Å². The van der Waals surface area contributed by atoms with Gasteiger partial charge in [0.05, 0.1) is 17.5 Å². The van der Waals surface area contributed by atoms with Crippen molar-refractivity contribution in [2.75, 3.05) is 27.2 Å². The molecule has 0 saturated carbocycles. The molecule has 10 nitrogen and oxygen atoms in total. The molecule has 3 amide bonds. The first kappa shape index (κ1) is 21.8. The lowest BCUT2D eigenvalue weighted by atomic mass is 9.92. The third-order valence-electron chi connectivity index (χ3n) is 5.25. The summed E-state index contributed by atoms with van der Waals surface area (Å²) in [6.07, 6.45) is 3.28. The van der Waals surface area contributed by atoms with Crippen molar-refractivity contribution in [3.8, 4) is 0 Å². The molecule has 3 rings (SSSR count). The molecule has 2 atom stereocenters.